The second-order valence-corrected chi connectivity index (χ2v) is 4.17. The zero-order valence-corrected chi connectivity index (χ0v) is 10.9. The summed E-state index contributed by atoms with van der Waals surface area (Å²) in [5.41, 5.74) is 1.74. The number of hydrogen-bond acceptors (Lipinski definition) is 4. The van der Waals surface area contributed by atoms with Crippen LogP contribution in [0.5, 0.6) is 0 Å². The van der Waals surface area contributed by atoms with E-state index in [-0.39, 0.29) is 13.0 Å². The molecule has 0 spiro atoms. The zero-order valence-electron chi connectivity index (χ0n) is 10.9. The number of nitrogens with zero attached hydrogens (tertiary/aromatic N) is 2. The number of urea groups is 1. The van der Waals surface area contributed by atoms with Gasteiger partial charge in [0.15, 0.2) is 6.10 Å². The fraction of sp³-hybridized carbons (Fsp3) is 0.545. The number of aryl methyl sites for hydroxylation is 2. The minimum absolute atomic E-state index is 0.0331. The molecule has 0 bridgehead atoms. The van der Waals surface area contributed by atoms with Crippen molar-refractivity contribution >= 4 is 12.0 Å². The molecular formula is C11H18N4O4. The number of aromatic nitrogens is 2. The van der Waals surface area contributed by atoms with E-state index in [1.54, 1.807) is 11.7 Å². The molecule has 0 aliphatic heterocycles. The van der Waals surface area contributed by atoms with Crippen LogP contribution < -0.4 is 10.6 Å². The van der Waals surface area contributed by atoms with Crippen molar-refractivity contribution in [3.63, 3.8) is 0 Å². The molecule has 8 heteroatoms. The summed E-state index contributed by atoms with van der Waals surface area (Å²) >= 11 is 0. The third kappa shape index (κ3) is 4.96. The lowest BCUT2D eigenvalue weighted by atomic mass is 10.2. The molecule has 0 saturated carbocycles. The number of carboxylic acid groups (broad SMARTS) is 1. The molecule has 0 aliphatic rings. The Morgan fingerprint density at radius 2 is 2.16 bits per heavy atom. The Morgan fingerprint density at radius 3 is 2.68 bits per heavy atom. The Balaban J connectivity index is 2.25. The number of aliphatic carboxylic acids is 1. The molecule has 2 amide bonds. The summed E-state index contributed by atoms with van der Waals surface area (Å²) in [5, 5.41) is 26.7. The van der Waals surface area contributed by atoms with Crippen LogP contribution in [0.3, 0.4) is 0 Å². The van der Waals surface area contributed by atoms with Crippen LogP contribution in [-0.4, -0.2) is 44.6 Å². The van der Waals surface area contributed by atoms with Crippen molar-refractivity contribution in [3.8, 4) is 0 Å². The van der Waals surface area contributed by atoms with Crippen LogP contribution in [0.15, 0.2) is 6.20 Å². The lowest BCUT2D eigenvalue weighted by molar-refractivity contribution is -0.146. The van der Waals surface area contributed by atoms with Crippen LogP contribution in [0.1, 0.15) is 17.7 Å². The first-order chi connectivity index (χ1) is 8.90. The van der Waals surface area contributed by atoms with Crippen LogP contribution in [0.2, 0.25) is 0 Å². The van der Waals surface area contributed by atoms with Crippen molar-refractivity contribution in [1.29, 1.82) is 0 Å². The molecule has 19 heavy (non-hydrogen) atoms. The summed E-state index contributed by atoms with van der Waals surface area (Å²) in [4.78, 5) is 21.7. The first kappa shape index (κ1) is 15.0. The summed E-state index contributed by atoms with van der Waals surface area (Å²) in [6, 6.07) is -0.416. The molecule has 0 fully saturated rings. The third-order valence-corrected chi connectivity index (χ3v) is 2.54. The van der Waals surface area contributed by atoms with E-state index in [1.165, 1.54) is 0 Å². The normalized spacial score (nSPS) is 11.9. The van der Waals surface area contributed by atoms with Crippen LogP contribution >= 0.6 is 0 Å². The van der Waals surface area contributed by atoms with Crippen molar-refractivity contribution in [2.75, 3.05) is 6.54 Å². The number of nitrogens with one attached hydrogen (secondary N) is 2. The number of amides is 2. The minimum Gasteiger partial charge on any atom is -0.479 e. The van der Waals surface area contributed by atoms with Gasteiger partial charge in [0.05, 0.1) is 5.69 Å². The number of aliphatic hydroxyl groups is 1. The van der Waals surface area contributed by atoms with Gasteiger partial charge in [-0.1, -0.05) is 0 Å². The first-order valence-electron chi connectivity index (χ1n) is 5.82. The highest BCUT2D eigenvalue weighted by molar-refractivity contribution is 5.74. The molecule has 1 atom stereocenters. The highest BCUT2D eigenvalue weighted by Crippen LogP contribution is 2.03. The topological polar surface area (TPSA) is 116 Å². The molecule has 1 unspecified atom stereocenters. The summed E-state index contributed by atoms with van der Waals surface area (Å²) < 4.78 is 1.66. The van der Waals surface area contributed by atoms with E-state index in [0.29, 0.717) is 6.54 Å². The van der Waals surface area contributed by atoms with Gasteiger partial charge in [0.1, 0.15) is 0 Å². The van der Waals surface area contributed by atoms with Gasteiger partial charge in [-0.3, -0.25) is 4.68 Å². The molecule has 1 aromatic rings. The third-order valence-electron chi connectivity index (χ3n) is 2.54. The quantitative estimate of drug-likeness (QED) is 0.549. The molecule has 1 aromatic heterocycles. The monoisotopic (exact) mass is 270 g/mol. The van der Waals surface area contributed by atoms with Gasteiger partial charge in [0.2, 0.25) is 0 Å². The van der Waals surface area contributed by atoms with Gasteiger partial charge in [-0.25, -0.2) is 9.59 Å². The largest absolute Gasteiger partial charge is 0.479 e. The van der Waals surface area contributed by atoms with Crippen molar-refractivity contribution in [2.24, 2.45) is 7.05 Å². The highest BCUT2D eigenvalue weighted by atomic mass is 16.4. The molecule has 0 aromatic carbocycles. The van der Waals surface area contributed by atoms with E-state index in [0.717, 1.165) is 11.3 Å². The van der Waals surface area contributed by atoms with Crippen molar-refractivity contribution in [2.45, 2.75) is 26.0 Å². The van der Waals surface area contributed by atoms with Crippen molar-refractivity contribution in [3.05, 3.63) is 17.5 Å². The van der Waals surface area contributed by atoms with Crippen LogP contribution in [-0.2, 0) is 18.4 Å². The molecule has 8 nitrogen and oxygen atoms in total. The molecule has 1 heterocycles. The Morgan fingerprint density at radius 1 is 1.47 bits per heavy atom. The molecule has 0 aliphatic carbocycles. The predicted molar refractivity (Wildman–Crippen MR) is 66.4 cm³/mol. The van der Waals surface area contributed by atoms with E-state index in [1.807, 2.05) is 13.1 Å². The van der Waals surface area contributed by atoms with Gasteiger partial charge in [0.25, 0.3) is 0 Å². The van der Waals surface area contributed by atoms with Gasteiger partial charge >= 0.3 is 12.0 Å². The van der Waals surface area contributed by atoms with Gasteiger partial charge in [-0.2, -0.15) is 5.10 Å². The molecule has 4 N–H and O–H groups in total. The average Bonchev–Trinajstić information content (AvgIpc) is 2.65. The van der Waals surface area contributed by atoms with Gasteiger partial charge in [0, 0.05) is 38.3 Å². The Hall–Kier alpha value is -2.09. The van der Waals surface area contributed by atoms with Crippen LogP contribution in [0.4, 0.5) is 4.79 Å². The SMILES string of the molecule is Cc1nn(C)cc1CNC(=O)NCCC(O)C(=O)O. The Bertz CT molecular complexity index is 458. The molecule has 0 radical (unpaired) electrons. The lowest BCUT2D eigenvalue weighted by Gasteiger charge is -2.08. The Labute approximate surface area is 110 Å². The smallest absolute Gasteiger partial charge is 0.332 e. The summed E-state index contributed by atoms with van der Waals surface area (Å²) in [6.45, 7) is 2.27. The fourth-order valence-electron chi connectivity index (χ4n) is 1.51. The molecule has 0 saturated heterocycles. The summed E-state index contributed by atoms with van der Waals surface area (Å²) in [5.74, 6) is -1.30. The van der Waals surface area contributed by atoms with E-state index in [2.05, 4.69) is 15.7 Å². The van der Waals surface area contributed by atoms with Gasteiger partial charge < -0.3 is 20.8 Å². The summed E-state index contributed by atoms with van der Waals surface area (Å²) in [7, 11) is 1.80. The molecule has 106 valence electrons. The van der Waals surface area contributed by atoms with Crippen LogP contribution in [0.25, 0.3) is 0 Å². The number of hydrogen-bond donors (Lipinski definition) is 4. The van der Waals surface area contributed by atoms with Crippen molar-refractivity contribution < 1.29 is 19.8 Å². The average molecular weight is 270 g/mol. The van der Waals surface area contributed by atoms with Gasteiger partial charge in [-0.15, -0.1) is 0 Å². The number of rotatable bonds is 6. The number of carbonyl (C=O) groups excluding carboxylic acids is 1. The maximum atomic E-state index is 11.4. The predicted octanol–water partition coefficient (Wildman–Crippen LogP) is -0.637. The standard InChI is InChI=1S/C11H18N4O4/c1-7-8(6-15(2)14-7)5-13-11(19)12-4-3-9(16)10(17)18/h6,9,16H,3-5H2,1-2H3,(H,17,18)(H2,12,13,19). The van der Waals surface area contributed by atoms with E-state index >= 15 is 0 Å². The maximum absolute atomic E-state index is 11.4. The minimum atomic E-state index is -1.46. The first-order valence-corrected chi connectivity index (χ1v) is 5.82. The number of carboxylic acids is 1. The number of aliphatic hydroxyl groups excluding tert-OH is 1. The molecular weight excluding hydrogens is 252 g/mol. The summed E-state index contributed by atoms with van der Waals surface area (Å²) in [6.07, 6.45) is 0.319. The highest BCUT2D eigenvalue weighted by Gasteiger charge is 2.12. The fourth-order valence-corrected chi connectivity index (χ4v) is 1.51. The van der Waals surface area contributed by atoms with E-state index < -0.39 is 18.1 Å². The lowest BCUT2D eigenvalue weighted by Crippen LogP contribution is -2.37. The number of carbonyl (C=O) groups is 2. The zero-order chi connectivity index (χ0) is 14.4. The second-order valence-electron chi connectivity index (χ2n) is 4.17. The van der Waals surface area contributed by atoms with E-state index in [9.17, 15) is 9.59 Å². The Kier molecular flexibility index (Phi) is 5.31. The van der Waals surface area contributed by atoms with E-state index in [4.69, 9.17) is 10.2 Å². The van der Waals surface area contributed by atoms with Crippen LogP contribution in [0, 0.1) is 6.92 Å². The van der Waals surface area contributed by atoms with Crippen molar-refractivity contribution in [1.82, 2.24) is 20.4 Å². The van der Waals surface area contributed by atoms with Gasteiger partial charge in [-0.05, 0) is 6.92 Å². The second kappa shape index (κ2) is 6.74. The molecule has 1 rings (SSSR count). The maximum Gasteiger partial charge on any atom is 0.332 e.